The Balaban J connectivity index is 2.40. The number of aryl methyl sites for hydroxylation is 1. The second-order valence-corrected chi connectivity index (χ2v) is 6.82. The van der Waals surface area contributed by atoms with Crippen molar-refractivity contribution in [3.63, 3.8) is 0 Å². The van der Waals surface area contributed by atoms with Crippen LogP contribution in [-0.4, -0.2) is 25.8 Å². The van der Waals surface area contributed by atoms with Gasteiger partial charge in [0, 0.05) is 17.6 Å². The summed E-state index contributed by atoms with van der Waals surface area (Å²) in [5.41, 5.74) is 1.04. The quantitative estimate of drug-likeness (QED) is 0.787. The molecule has 0 atom stereocenters. The van der Waals surface area contributed by atoms with E-state index in [4.69, 9.17) is 0 Å². The maximum Gasteiger partial charge on any atom is 0.244 e. The third kappa shape index (κ3) is 2.61. The summed E-state index contributed by atoms with van der Waals surface area (Å²) in [4.78, 5) is 0.346. The Morgan fingerprint density at radius 3 is 2.65 bits per heavy atom. The van der Waals surface area contributed by atoms with Gasteiger partial charge in [0.2, 0.25) is 10.0 Å². The highest BCUT2D eigenvalue weighted by atomic mass is 79.9. The lowest BCUT2D eigenvalue weighted by molar-refractivity contribution is 0.437. The van der Waals surface area contributed by atoms with E-state index >= 15 is 0 Å². The average molecular weight is 316 g/mol. The van der Waals surface area contributed by atoms with Gasteiger partial charge in [0.1, 0.15) is 0 Å². The van der Waals surface area contributed by atoms with Crippen molar-refractivity contribution >= 4 is 26.0 Å². The molecule has 0 unspecified atom stereocenters. The van der Waals surface area contributed by atoms with Gasteiger partial charge in [0.25, 0.3) is 0 Å². The number of sulfonamides is 1. The molecular formula is C12H14BrNO2S. The SMILES string of the molecule is Cc1ccc(S(=O)(=O)N2CC=CCC2)c(Br)c1. The Morgan fingerprint density at radius 2 is 2.06 bits per heavy atom. The molecule has 1 aromatic carbocycles. The van der Waals surface area contributed by atoms with Crippen molar-refractivity contribution in [1.82, 2.24) is 4.31 Å². The predicted molar refractivity (Wildman–Crippen MR) is 71.4 cm³/mol. The Hall–Kier alpha value is -0.650. The van der Waals surface area contributed by atoms with Crippen LogP contribution in [0.3, 0.4) is 0 Å². The smallest absolute Gasteiger partial charge is 0.207 e. The lowest BCUT2D eigenvalue weighted by atomic mass is 10.2. The molecular weight excluding hydrogens is 302 g/mol. The van der Waals surface area contributed by atoms with Gasteiger partial charge in [-0.2, -0.15) is 4.31 Å². The van der Waals surface area contributed by atoms with E-state index in [1.54, 1.807) is 6.07 Å². The summed E-state index contributed by atoms with van der Waals surface area (Å²) in [7, 11) is -3.37. The van der Waals surface area contributed by atoms with Crippen LogP contribution in [0.4, 0.5) is 0 Å². The topological polar surface area (TPSA) is 37.4 Å². The lowest BCUT2D eigenvalue weighted by Crippen LogP contribution is -2.34. The molecule has 17 heavy (non-hydrogen) atoms. The van der Waals surface area contributed by atoms with E-state index in [-0.39, 0.29) is 0 Å². The number of benzene rings is 1. The first-order valence-corrected chi connectivity index (χ1v) is 7.66. The van der Waals surface area contributed by atoms with Crippen molar-refractivity contribution in [2.45, 2.75) is 18.2 Å². The summed E-state index contributed by atoms with van der Waals surface area (Å²) in [6, 6.07) is 5.30. The third-order valence-electron chi connectivity index (χ3n) is 2.73. The second-order valence-electron chi connectivity index (χ2n) is 4.06. The average Bonchev–Trinajstić information content (AvgIpc) is 2.29. The normalized spacial score (nSPS) is 17.3. The molecule has 0 aliphatic carbocycles. The highest BCUT2D eigenvalue weighted by molar-refractivity contribution is 9.10. The monoisotopic (exact) mass is 315 g/mol. The first-order valence-electron chi connectivity index (χ1n) is 5.43. The van der Waals surface area contributed by atoms with Crippen LogP contribution in [0.2, 0.25) is 0 Å². The first-order chi connectivity index (χ1) is 8.01. The second kappa shape index (κ2) is 4.92. The Morgan fingerprint density at radius 1 is 1.29 bits per heavy atom. The van der Waals surface area contributed by atoms with Gasteiger partial charge in [-0.3, -0.25) is 0 Å². The van der Waals surface area contributed by atoms with Gasteiger partial charge in [-0.05, 0) is 47.0 Å². The molecule has 1 aliphatic heterocycles. The number of rotatable bonds is 2. The predicted octanol–water partition coefficient (Wildman–Crippen LogP) is 2.71. The van der Waals surface area contributed by atoms with E-state index in [0.29, 0.717) is 22.5 Å². The number of hydrogen-bond donors (Lipinski definition) is 0. The summed E-state index contributed by atoms with van der Waals surface area (Å²) in [6.45, 7) is 2.95. The molecule has 0 aromatic heterocycles. The molecule has 0 amide bonds. The summed E-state index contributed by atoms with van der Waals surface area (Å²) >= 11 is 3.33. The molecule has 3 nitrogen and oxygen atoms in total. The lowest BCUT2D eigenvalue weighted by Gasteiger charge is -2.23. The van der Waals surface area contributed by atoms with Crippen LogP contribution in [0.25, 0.3) is 0 Å². The molecule has 0 saturated carbocycles. The van der Waals surface area contributed by atoms with Crippen LogP contribution in [0.15, 0.2) is 39.7 Å². The zero-order valence-corrected chi connectivity index (χ0v) is 12.0. The zero-order chi connectivity index (χ0) is 12.5. The van der Waals surface area contributed by atoms with Gasteiger partial charge in [-0.15, -0.1) is 0 Å². The molecule has 0 N–H and O–H groups in total. The molecule has 2 rings (SSSR count). The number of halogens is 1. The molecule has 1 heterocycles. The van der Waals surface area contributed by atoms with Gasteiger partial charge >= 0.3 is 0 Å². The molecule has 0 fully saturated rings. The van der Waals surface area contributed by atoms with Crippen molar-refractivity contribution in [3.8, 4) is 0 Å². The van der Waals surface area contributed by atoms with Crippen molar-refractivity contribution < 1.29 is 8.42 Å². The molecule has 1 aromatic rings. The van der Waals surface area contributed by atoms with Crippen molar-refractivity contribution in [2.24, 2.45) is 0 Å². The number of hydrogen-bond acceptors (Lipinski definition) is 2. The third-order valence-corrected chi connectivity index (χ3v) is 5.57. The maximum absolute atomic E-state index is 12.4. The van der Waals surface area contributed by atoms with Gasteiger partial charge in [-0.1, -0.05) is 18.2 Å². The fourth-order valence-corrected chi connectivity index (χ4v) is 4.35. The van der Waals surface area contributed by atoms with Crippen LogP contribution in [0.5, 0.6) is 0 Å². The first kappa shape index (κ1) is 12.8. The summed E-state index contributed by atoms with van der Waals surface area (Å²) in [5.74, 6) is 0. The van der Waals surface area contributed by atoms with Gasteiger partial charge in [0.05, 0.1) is 4.90 Å². The van der Waals surface area contributed by atoms with Crippen LogP contribution in [0, 0.1) is 6.92 Å². The Labute approximate surface area is 110 Å². The highest BCUT2D eigenvalue weighted by Crippen LogP contribution is 2.26. The molecule has 5 heteroatoms. The fraction of sp³-hybridized carbons (Fsp3) is 0.333. The van der Waals surface area contributed by atoms with Gasteiger partial charge in [0.15, 0.2) is 0 Å². The molecule has 1 aliphatic rings. The fourth-order valence-electron chi connectivity index (χ4n) is 1.79. The molecule has 0 bridgehead atoms. The van der Waals surface area contributed by atoms with Crippen molar-refractivity contribution in [1.29, 1.82) is 0 Å². The van der Waals surface area contributed by atoms with Gasteiger partial charge in [-0.25, -0.2) is 8.42 Å². The van der Waals surface area contributed by atoms with E-state index in [9.17, 15) is 8.42 Å². The van der Waals surface area contributed by atoms with Crippen LogP contribution in [0.1, 0.15) is 12.0 Å². The van der Waals surface area contributed by atoms with E-state index in [2.05, 4.69) is 15.9 Å². The Bertz CT molecular complexity index is 552. The molecule has 0 radical (unpaired) electrons. The molecule has 0 spiro atoms. The van der Waals surface area contributed by atoms with E-state index < -0.39 is 10.0 Å². The minimum absolute atomic E-state index is 0.346. The van der Waals surface area contributed by atoms with Crippen LogP contribution >= 0.6 is 15.9 Å². The van der Waals surface area contributed by atoms with E-state index in [1.807, 2.05) is 31.2 Å². The molecule has 92 valence electrons. The minimum atomic E-state index is -3.37. The summed E-state index contributed by atoms with van der Waals surface area (Å²) < 4.78 is 26.9. The molecule has 0 saturated heterocycles. The van der Waals surface area contributed by atoms with E-state index in [0.717, 1.165) is 12.0 Å². The van der Waals surface area contributed by atoms with Crippen molar-refractivity contribution in [3.05, 3.63) is 40.4 Å². The summed E-state index contributed by atoms with van der Waals surface area (Å²) in [6.07, 6.45) is 4.68. The van der Waals surface area contributed by atoms with Crippen LogP contribution < -0.4 is 0 Å². The standard InChI is InChI=1S/C12H14BrNO2S/c1-10-5-6-12(11(13)9-10)17(15,16)14-7-3-2-4-8-14/h2-3,5-6,9H,4,7-8H2,1H3. The highest BCUT2D eigenvalue weighted by Gasteiger charge is 2.26. The Kier molecular flexibility index (Phi) is 3.70. The van der Waals surface area contributed by atoms with E-state index in [1.165, 1.54) is 4.31 Å². The maximum atomic E-state index is 12.4. The minimum Gasteiger partial charge on any atom is -0.207 e. The summed E-state index contributed by atoms with van der Waals surface area (Å²) in [5, 5.41) is 0. The zero-order valence-electron chi connectivity index (χ0n) is 9.56. The largest absolute Gasteiger partial charge is 0.244 e. The van der Waals surface area contributed by atoms with Crippen molar-refractivity contribution in [2.75, 3.05) is 13.1 Å². The van der Waals surface area contributed by atoms with Gasteiger partial charge < -0.3 is 0 Å². The van der Waals surface area contributed by atoms with Crippen LogP contribution in [-0.2, 0) is 10.0 Å². The number of nitrogens with zero attached hydrogens (tertiary/aromatic N) is 1.